The van der Waals surface area contributed by atoms with Crippen LogP contribution in [0.3, 0.4) is 0 Å². The van der Waals surface area contributed by atoms with Gasteiger partial charge in [0.2, 0.25) is 5.91 Å². The summed E-state index contributed by atoms with van der Waals surface area (Å²) in [5.41, 5.74) is 0.705. The number of aromatic carboxylic acids is 1. The molecule has 0 aliphatic carbocycles. The van der Waals surface area contributed by atoms with Crippen molar-refractivity contribution in [3.05, 3.63) is 30.1 Å². The number of carboxylic acids is 1. The number of aromatic nitrogens is 2. The van der Waals surface area contributed by atoms with Gasteiger partial charge in [-0.2, -0.15) is 0 Å². The molecule has 0 fully saturated rings. The van der Waals surface area contributed by atoms with Crippen molar-refractivity contribution in [3.63, 3.8) is 0 Å². The quantitative estimate of drug-likeness (QED) is 0.848. The van der Waals surface area contributed by atoms with Gasteiger partial charge in [0.25, 0.3) is 0 Å². The number of hydrogen-bond acceptors (Lipinski definition) is 5. The number of benzene rings is 1. The summed E-state index contributed by atoms with van der Waals surface area (Å²) < 4.78 is 0. The van der Waals surface area contributed by atoms with Gasteiger partial charge in [-0.15, -0.1) is 0 Å². The molecule has 1 heterocycles. The second-order valence-electron chi connectivity index (χ2n) is 4.42. The first-order valence-electron chi connectivity index (χ1n) is 6.50. The Kier molecular flexibility index (Phi) is 4.32. The molecule has 110 valence electrons. The number of anilines is 1. The second kappa shape index (κ2) is 6.17. The summed E-state index contributed by atoms with van der Waals surface area (Å²) in [6.07, 6.45) is 1.37. The van der Waals surface area contributed by atoms with Crippen molar-refractivity contribution >= 4 is 28.6 Å². The van der Waals surface area contributed by atoms with Crippen molar-refractivity contribution in [1.82, 2.24) is 15.3 Å². The molecule has 2 aromatic rings. The highest BCUT2D eigenvalue weighted by atomic mass is 16.4. The van der Waals surface area contributed by atoms with Gasteiger partial charge >= 0.3 is 5.97 Å². The molecule has 7 nitrogen and oxygen atoms in total. The summed E-state index contributed by atoms with van der Waals surface area (Å²) in [5, 5.41) is 12.3. The van der Waals surface area contributed by atoms with Gasteiger partial charge in [-0.3, -0.25) is 4.79 Å². The standard InChI is InChI=1S/C14H16N4O3/c1-3-18(7-12(19)15-2)13-10-5-4-9(14(20)21)6-11(10)16-8-17-13/h4-6,8H,3,7H2,1-2H3,(H,15,19)(H,20,21). The molecular weight excluding hydrogens is 272 g/mol. The normalized spacial score (nSPS) is 10.4. The largest absolute Gasteiger partial charge is 0.478 e. The molecular formula is C14H16N4O3. The molecule has 7 heteroatoms. The molecule has 0 bridgehead atoms. The van der Waals surface area contributed by atoms with Crippen LogP contribution in [0.15, 0.2) is 24.5 Å². The van der Waals surface area contributed by atoms with Crippen LogP contribution in [0.2, 0.25) is 0 Å². The van der Waals surface area contributed by atoms with E-state index in [1.54, 1.807) is 13.1 Å². The molecule has 1 aromatic carbocycles. The molecule has 2 N–H and O–H groups in total. The Hall–Kier alpha value is -2.70. The molecule has 0 aliphatic rings. The number of carbonyl (C=O) groups excluding carboxylic acids is 1. The smallest absolute Gasteiger partial charge is 0.335 e. The summed E-state index contributed by atoms with van der Waals surface area (Å²) in [5.74, 6) is -0.511. The zero-order chi connectivity index (χ0) is 15.4. The molecule has 0 unspecified atom stereocenters. The minimum Gasteiger partial charge on any atom is -0.478 e. The van der Waals surface area contributed by atoms with Gasteiger partial charge in [0.15, 0.2) is 0 Å². The fourth-order valence-electron chi connectivity index (χ4n) is 2.02. The van der Waals surface area contributed by atoms with Gasteiger partial charge in [0.1, 0.15) is 12.1 Å². The van der Waals surface area contributed by atoms with Crippen molar-refractivity contribution in [3.8, 4) is 0 Å². The Morgan fingerprint density at radius 2 is 2.10 bits per heavy atom. The number of carbonyl (C=O) groups is 2. The highest BCUT2D eigenvalue weighted by molar-refractivity contribution is 5.97. The topological polar surface area (TPSA) is 95.4 Å². The highest BCUT2D eigenvalue weighted by Gasteiger charge is 2.15. The molecule has 0 aliphatic heterocycles. The van der Waals surface area contributed by atoms with Gasteiger partial charge in [0, 0.05) is 19.0 Å². The van der Waals surface area contributed by atoms with Crippen LogP contribution in [-0.2, 0) is 4.79 Å². The molecule has 0 radical (unpaired) electrons. The van der Waals surface area contributed by atoms with Crippen LogP contribution in [0.4, 0.5) is 5.82 Å². The number of nitrogens with zero attached hydrogens (tertiary/aromatic N) is 3. The molecule has 0 saturated carbocycles. The van der Waals surface area contributed by atoms with Crippen LogP contribution < -0.4 is 10.2 Å². The van der Waals surface area contributed by atoms with Crippen LogP contribution >= 0.6 is 0 Å². The molecule has 1 amide bonds. The fourth-order valence-corrected chi connectivity index (χ4v) is 2.02. The number of hydrogen-bond donors (Lipinski definition) is 2. The summed E-state index contributed by atoms with van der Waals surface area (Å²) in [4.78, 5) is 32.7. The maximum absolute atomic E-state index is 11.6. The third-order valence-corrected chi connectivity index (χ3v) is 3.16. The van der Waals surface area contributed by atoms with E-state index in [0.717, 1.165) is 0 Å². The van der Waals surface area contributed by atoms with Crippen molar-refractivity contribution < 1.29 is 14.7 Å². The molecule has 0 atom stereocenters. The monoisotopic (exact) mass is 288 g/mol. The van der Waals surface area contributed by atoms with Gasteiger partial charge in [-0.25, -0.2) is 14.8 Å². The predicted molar refractivity (Wildman–Crippen MR) is 78.5 cm³/mol. The number of fused-ring (bicyclic) bond motifs is 1. The Morgan fingerprint density at radius 1 is 1.33 bits per heavy atom. The lowest BCUT2D eigenvalue weighted by atomic mass is 10.1. The average molecular weight is 288 g/mol. The lowest BCUT2D eigenvalue weighted by Gasteiger charge is -2.22. The number of carboxylic acid groups (broad SMARTS) is 1. The van der Waals surface area contributed by atoms with Crippen LogP contribution in [0.1, 0.15) is 17.3 Å². The van der Waals surface area contributed by atoms with Crippen LogP contribution in [0, 0.1) is 0 Å². The van der Waals surface area contributed by atoms with E-state index in [2.05, 4.69) is 15.3 Å². The van der Waals surface area contributed by atoms with Crippen molar-refractivity contribution in [2.75, 3.05) is 25.0 Å². The van der Waals surface area contributed by atoms with E-state index in [1.165, 1.54) is 18.5 Å². The summed E-state index contributed by atoms with van der Waals surface area (Å²) in [7, 11) is 1.58. The number of likely N-dealkylation sites (N-methyl/N-ethyl adjacent to an activating group) is 2. The molecule has 0 spiro atoms. The van der Waals surface area contributed by atoms with E-state index < -0.39 is 5.97 Å². The van der Waals surface area contributed by atoms with Crippen LogP contribution in [0.5, 0.6) is 0 Å². The number of amides is 1. The molecule has 21 heavy (non-hydrogen) atoms. The van der Waals surface area contributed by atoms with E-state index in [1.807, 2.05) is 11.8 Å². The second-order valence-corrected chi connectivity index (χ2v) is 4.42. The van der Waals surface area contributed by atoms with Crippen molar-refractivity contribution in [2.24, 2.45) is 0 Å². The van der Waals surface area contributed by atoms with E-state index in [4.69, 9.17) is 5.11 Å². The zero-order valence-electron chi connectivity index (χ0n) is 11.8. The minimum atomic E-state index is -1.00. The maximum Gasteiger partial charge on any atom is 0.335 e. The molecule has 0 saturated heterocycles. The Morgan fingerprint density at radius 3 is 2.71 bits per heavy atom. The third kappa shape index (κ3) is 3.07. The third-order valence-electron chi connectivity index (χ3n) is 3.16. The Labute approximate surface area is 121 Å². The lowest BCUT2D eigenvalue weighted by molar-refractivity contribution is -0.119. The summed E-state index contributed by atoms with van der Waals surface area (Å²) in [6.45, 7) is 2.70. The summed E-state index contributed by atoms with van der Waals surface area (Å²) in [6, 6.07) is 4.67. The zero-order valence-corrected chi connectivity index (χ0v) is 11.8. The highest BCUT2D eigenvalue weighted by Crippen LogP contribution is 2.23. The Balaban J connectivity index is 2.48. The Bertz CT molecular complexity index is 687. The number of nitrogens with one attached hydrogen (secondary N) is 1. The van der Waals surface area contributed by atoms with Crippen LogP contribution in [0.25, 0.3) is 10.9 Å². The number of rotatable bonds is 5. The van der Waals surface area contributed by atoms with E-state index in [0.29, 0.717) is 23.3 Å². The van der Waals surface area contributed by atoms with Gasteiger partial charge in [-0.05, 0) is 25.1 Å². The van der Waals surface area contributed by atoms with Crippen molar-refractivity contribution in [1.29, 1.82) is 0 Å². The van der Waals surface area contributed by atoms with Gasteiger partial charge in [-0.1, -0.05) is 0 Å². The fraction of sp³-hybridized carbons (Fsp3) is 0.286. The summed E-state index contributed by atoms with van der Waals surface area (Å²) >= 11 is 0. The minimum absolute atomic E-state index is 0.120. The maximum atomic E-state index is 11.6. The van der Waals surface area contributed by atoms with E-state index in [9.17, 15) is 9.59 Å². The van der Waals surface area contributed by atoms with Gasteiger partial charge < -0.3 is 15.3 Å². The van der Waals surface area contributed by atoms with Gasteiger partial charge in [0.05, 0.1) is 17.6 Å². The molecule has 1 aromatic heterocycles. The SMILES string of the molecule is CCN(CC(=O)NC)c1ncnc2cc(C(=O)O)ccc12. The lowest BCUT2D eigenvalue weighted by Crippen LogP contribution is -2.36. The van der Waals surface area contributed by atoms with Crippen molar-refractivity contribution in [2.45, 2.75) is 6.92 Å². The molecule has 2 rings (SSSR count). The van der Waals surface area contributed by atoms with E-state index in [-0.39, 0.29) is 18.0 Å². The average Bonchev–Trinajstić information content (AvgIpc) is 2.51. The van der Waals surface area contributed by atoms with E-state index >= 15 is 0 Å². The first kappa shape index (κ1) is 14.7. The first-order chi connectivity index (χ1) is 10.1. The van der Waals surface area contributed by atoms with Crippen LogP contribution in [-0.4, -0.2) is 47.1 Å². The predicted octanol–water partition coefficient (Wildman–Crippen LogP) is 0.900. The first-order valence-corrected chi connectivity index (χ1v) is 6.50.